The normalized spacial score (nSPS) is 19.7. The van der Waals surface area contributed by atoms with E-state index in [4.69, 9.17) is 24.7 Å². The fraction of sp³-hybridized carbons (Fsp3) is 0.421. The highest BCUT2D eigenvalue weighted by Crippen LogP contribution is 2.52. The van der Waals surface area contributed by atoms with Gasteiger partial charge in [-0.2, -0.15) is 0 Å². The summed E-state index contributed by atoms with van der Waals surface area (Å²) in [5, 5.41) is 2.97. The zero-order valence-electron chi connectivity index (χ0n) is 16.8. The number of hydrogen-bond donors (Lipinski definition) is 2. The summed E-state index contributed by atoms with van der Waals surface area (Å²) >= 11 is 0. The molecule has 1 saturated heterocycles. The zero-order valence-corrected chi connectivity index (χ0v) is 16.8. The van der Waals surface area contributed by atoms with E-state index in [-0.39, 0.29) is 19.2 Å². The fourth-order valence-electron chi connectivity index (χ4n) is 3.81. The van der Waals surface area contributed by atoms with Crippen LogP contribution in [0.25, 0.3) is 11.4 Å². The van der Waals surface area contributed by atoms with Crippen LogP contribution in [0.1, 0.15) is 6.92 Å². The maximum atomic E-state index is 13.4. The molecule has 170 valence electrons. The van der Waals surface area contributed by atoms with E-state index in [0.29, 0.717) is 40.9 Å². The molecule has 3 N–H and O–H groups in total. The number of benzene rings is 1. The first-order valence-corrected chi connectivity index (χ1v) is 9.82. The second kappa shape index (κ2) is 7.43. The Hall–Kier alpha value is -3.77. The van der Waals surface area contributed by atoms with E-state index in [1.54, 1.807) is 17.6 Å². The van der Waals surface area contributed by atoms with Gasteiger partial charge in [-0.25, -0.2) is 23.5 Å². The molecule has 1 fully saturated rings. The lowest BCUT2D eigenvalue weighted by atomic mass is 10.1. The molecule has 5 rings (SSSR count). The lowest BCUT2D eigenvalue weighted by Gasteiger charge is -2.18. The average molecular weight is 451 g/mol. The van der Waals surface area contributed by atoms with Gasteiger partial charge in [-0.1, -0.05) is 0 Å². The van der Waals surface area contributed by atoms with Crippen LogP contribution in [-0.2, 0) is 16.1 Å². The molecule has 32 heavy (non-hydrogen) atoms. The van der Waals surface area contributed by atoms with Crippen molar-refractivity contribution in [3.63, 3.8) is 0 Å². The number of anilines is 2. The highest BCUT2D eigenvalue weighted by molar-refractivity contribution is 5.91. The molecule has 1 aromatic heterocycles. The number of halogens is 2. The van der Waals surface area contributed by atoms with Crippen molar-refractivity contribution in [3.8, 4) is 28.6 Å². The summed E-state index contributed by atoms with van der Waals surface area (Å²) in [5.74, 6) is 0.883. The van der Waals surface area contributed by atoms with E-state index < -0.39 is 37.1 Å². The van der Waals surface area contributed by atoms with Gasteiger partial charge in [0.2, 0.25) is 12.7 Å². The highest BCUT2D eigenvalue weighted by atomic mass is 19.3. The molecule has 1 aromatic carbocycles. The topological polar surface area (TPSA) is 130 Å². The molecule has 3 aliphatic rings. The summed E-state index contributed by atoms with van der Waals surface area (Å²) in [6.45, 7) is 1.69. The maximum absolute atomic E-state index is 13.4. The number of rotatable bonds is 5. The number of nitrogens with two attached hydrogens (primary N) is 1. The maximum Gasteiger partial charge on any atom is 0.416 e. The molecule has 11 nitrogen and oxygen atoms in total. The predicted molar refractivity (Wildman–Crippen MR) is 105 cm³/mol. The van der Waals surface area contributed by atoms with Crippen molar-refractivity contribution < 1.29 is 37.3 Å². The van der Waals surface area contributed by atoms with Crippen LogP contribution >= 0.6 is 0 Å². The third-order valence-electron chi connectivity index (χ3n) is 5.43. The largest absolute Gasteiger partial charge is 0.491 e. The molecule has 0 saturated carbocycles. The average Bonchev–Trinajstić information content (AvgIpc) is 3.45. The Morgan fingerprint density at radius 1 is 1.28 bits per heavy atom. The number of alkyl halides is 2. The van der Waals surface area contributed by atoms with Gasteiger partial charge < -0.3 is 34.6 Å². The van der Waals surface area contributed by atoms with Crippen LogP contribution in [0.2, 0.25) is 0 Å². The van der Waals surface area contributed by atoms with Gasteiger partial charge in [-0.3, -0.25) is 4.79 Å². The summed E-state index contributed by atoms with van der Waals surface area (Å²) in [6, 6.07) is -0.476. The lowest BCUT2D eigenvalue weighted by Crippen LogP contribution is -2.38. The van der Waals surface area contributed by atoms with Crippen LogP contribution in [0.3, 0.4) is 0 Å². The number of nitrogens with one attached hydrogen (secondary N) is 1. The lowest BCUT2D eigenvalue weighted by molar-refractivity contribution is -0.118. The smallest absolute Gasteiger partial charge is 0.416 e. The molecule has 2 aromatic rings. The van der Waals surface area contributed by atoms with Gasteiger partial charge >= 0.3 is 6.09 Å². The van der Waals surface area contributed by atoms with E-state index in [1.165, 1.54) is 6.20 Å². The highest BCUT2D eigenvalue weighted by Gasteiger charge is 2.42. The molecule has 0 radical (unpaired) electrons. The van der Waals surface area contributed by atoms with Gasteiger partial charge in [0.25, 0.3) is 6.43 Å². The monoisotopic (exact) mass is 451 g/mol. The van der Waals surface area contributed by atoms with Crippen molar-refractivity contribution in [3.05, 3.63) is 12.3 Å². The summed E-state index contributed by atoms with van der Waals surface area (Å²) in [7, 11) is 0. The van der Waals surface area contributed by atoms with E-state index >= 15 is 0 Å². The third-order valence-corrected chi connectivity index (χ3v) is 5.43. The minimum atomic E-state index is -2.79. The number of fused-ring (bicyclic) bond motifs is 5. The van der Waals surface area contributed by atoms with Crippen molar-refractivity contribution in [2.45, 2.75) is 32.0 Å². The second-order valence-electron chi connectivity index (χ2n) is 7.44. The van der Waals surface area contributed by atoms with Crippen LogP contribution in [0.4, 0.5) is 25.1 Å². The molecule has 1 unspecified atom stereocenters. The van der Waals surface area contributed by atoms with Crippen molar-refractivity contribution in [1.82, 2.24) is 9.55 Å². The van der Waals surface area contributed by atoms with Gasteiger partial charge in [0.05, 0.1) is 12.2 Å². The first-order chi connectivity index (χ1) is 15.3. The third kappa shape index (κ3) is 3.11. The van der Waals surface area contributed by atoms with Gasteiger partial charge in [-0.15, -0.1) is 0 Å². The van der Waals surface area contributed by atoms with Gasteiger partial charge in [-0.05, 0) is 6.92 Å². The van der Waals surface area contributed by atoms with Crippen LogP contribution in [0.15, 0.2) is 12.3 Å². The van der Waals surface area contributed by atoms with E-state index in [2.05, 4.69) is 10.3 Å². The molecule has 4 heterocycles. The quantitative estimate of drug-likeness (QED) is 0.700. The van der Waals surface area contributed by atoms with E-state index in [1.807, 2.05) is 0 Å². The first kappa shape index (κ1) is 20.2. The van der Waals surface area contributed by atoms with Crippen LogP contribution < -0.4 is 30.2 Å². The fourth-order valence-corrected chi connectivity index (χ4v) is 3.81. The number of cyclic esters (lactones) is 1. The Labute approximate surface area is 180 Å². The van der Waals surface area contributed by atoms with Crippen LogP contribution in [0.5, 0.6) is 17.2 Å². The Kier molecular flexibility index (Phi) is 4.68. The summed E-state index contributed by atoms with van der Waals surface area (Å²) in [6.07, 6.45) is -2.18. The van der Waals surface area contributed by atoms with E-state index in [9.17, 15) is 18.4 Å². The Morgan fingerprint density at radius 3 is 2.81 bits per heavy atom. The molecule has 3 aliphatic heterocycles. The number of carbonyl (C=O) groups is 2. The molecule has 0 bridgehead atoms. The van der Waals surface area contributed by atoms with Crippen LogP contribution in [-0.4, -0.2) is 60.1 Å². The number of nitrogens with zero attached hydrogens (tertiary/aromatic N) is 3. The Morgan fingerprint density at radius 2 is 2.06 bits per heavy atom. The van der Waals surface area contributed by atoms with E-state index in [0.717, 1.165) is 4.90 Å². The molecular formula is C19H19F2N5O6. The minimum absolute atomic E-state index is 0.0397. The molecule has 0 spiro atoms. The van der Waals surface area contributed by atoms with Crippen molar-refractivity contribution in [1.29, 1.82) is 0 Å². The number of primary amides is 1. The molecule has 2 amide bonds. The van der Waals surface area contributed by atoms with Gasteiger partial charge in [0.1, 0.15) is 42.4 Å². The minimum Gasteiger partial charge on any atom is -0.491 e. The standard InChI is InChI=1S/C19H19F2N5O6/c1-8(17(22)27)23-9-4-11-13(15-14(9)31-7-32-15)18-24-12(5-25(18)2-3-29-11)26-10(16(20)21)6-30-19(26)28/h4-5,8,10,16,23H,2-3,6-7H2,1H3,(H2,22,27)/t8?,10-/m0/s1. The predicted octanol–water partition coefficient (Wildman–Crippen LogP) is 1.55. The van der Waals surface area contributed by atoms with Crippen molar-refractivity contribution in [2.24, 2.45) is 5.73 Å². The number of ether oxygens (including phenoxy) is 4. The summed E-state index contributed by atoms with van der Waals surface area (Å²) < 4.78 is 50.5. The van der Waals surface area contributed by atoms with Gasteiger partial charge in [0, 0.05) is 12.3 Å². The summed E-state index contributed by atoms with van der Waals surface area (Å²) in [4.78, 5) is 28.9. The Bertz CT molecular complexity index is 1110. The number of imidazole rings is 1. The van der Waals surface area contributed by atoms with Crippen molar-refractivity contribution in [2.75, 3.05) is 30.2 Å². The zero-order chi connectivity index (χ0) is 22.6. The Balaban J connectivity index is 1.61. The second-order valence-corrected chi connectivity index (χ2v) is 7.44. The van der Waals surface area contributed by atoms with Gasteiger partial charge in [0.15, 0.2) is 17.3 Å². The first-order valence-electron chi connectivity index (χ1n) is 9.82. The molecule has 0 aliphatic carbocycles. The molecule has 2 atom stereocenters. The number of aromatic nitrogens is 2. The van der Waals surface area contributed by atoms with Crippen molar-refractivity contribution >= 4 is 23.5 Å². The number of hydrogen-bond acceptors (Lipinski definition) is 8. The number of amides is 2. The SMILES string of the molecule is CC(Nc1cc2c(c3c1OCO3)-c1nc(N3C(=O)OC[C@H]3C(F)F)cn1CCO2)C(N)=O. The van der Waals surface area contributed by atoms with Crippen LogP contribution in [0, 0.1) is 0 Å². The molecular weight excluding hydrogens is 432 g/mol. The summed E-state index contributed by atoms with van der Waals surface area (Å²) in [5.41, 5.74) is 6.24. The number of carbonyl (C=O) groups excluding carboxylic acids is 2. The molecule has 13 heteroatoms.